The molecule has 2 aromatic rings. The number of carbonyl (C=O) groups excluding carboxylic acids is 1. The maximum absolute atomic E-state index is 13.4. The second kappa shape index (κ2) is 9.51. The van der Waals surface area contributed by atoms with Gasteiger partial charge in [-0.2, -0.15) is 0 Å². The Kier molecular flexibility index (Phi) is 7.04. The van der Waals surface area contributed by atoms with Crippen molar-refractivity contribution in [2.45, 2.75) is 57.2 Å². The van der Waals surface area contributed by atoms with Crippen molar-refractivity contribution in [1.29, 1.82) is 0 Å². The monoisotopic (exact) mass is 398 g/mol. The van der Waals surface area contributed by atoms with Gasteiger partial charge in [-0.3, -0.25) is 4.79 Å². The highest BCUT2D eigenvalue weighted by atomic mass is 19.1. The molecule has 1 aliphatic rings. The first-order valence-corrected chi connectivity index (χ1v) is 10.4. The van der Waals surface area contributed by atoms with Gasteiger partial charge < -0.3 is 15.7 Å². The highest BCUT2D eigenvalue weighted by Crippen LogP contribution is 2.33. The topological polar surface area (TPSA) is 61.4 Å². The molecular formula is C24H31FN2O2. The summed E-state index contributed by atoms with van der Waals surface area (Å²) in [6, 6.07) is 15.6. The van der Waals surface area contributed by atoms with Crippen LogP contribution in [0.3, 0.4) is 0 Å². The molecule has 0 aromatic heterocycles. The molecule has 1 atom stereocenters. The number of rotatable bonds is 7. The number of aliphatic hydroxyl groups is 1. The van der Waals surface area contributed by atoms with E-state index >= 15 is 0 Å². The molecular weight excluding hydrogens is 367 g/mol. The minimum Gasteiger partial charge on any atom is -0.387 e. The molecule has 5 heteroatoms. The van der Waals surface area contributed by atoms with Crippen LogP contribution in [0.15, 0.2) is 54.6 Å². The Morgan fingerprint density at radius 3 is 2.45 bits per heavy atom. The van der Waals surface area contributed by atoms with Crippen molar-refractivity contribution in [3.63, 3.8) is 0 Å². The number of aliphatic hydroxyl groups excluding tert-OH is 1. The third-order valence-corrected chi connectivity index (χ3v) is 6.10. The van der Waals surface area contributed by atoms with Gasteiger partial charge in [-0.05, 0) is 75.3 Å². The van der Waals surface area contributed by atoms with Crippen LogP contribution in [0, 0.1) is 11.7 Å². The SMILES string of the molecule is CC(C)(NC[C@H](O)c1cccc(F)c1)[C@H]1CC[C@H](NC(=O)c2ccccc2)CC1. The van der Waals surface area contributed by atoms with E-state index in [0.29, 0.717) is 23.6 Å². The van der Waals surface area contributed by atoms with E-state index in [4.69, 9.17) is 0 Å². The number of nitrogens with one attached hydrogen (secondary N) is 2. The summed E-state index contributed by atoms with van der Waals surface area (Å²) in [6.45, 7) is 4.68. The van der Waals surface area contributed by atoms with Crippen LogP contribution in [-0.2, 0) is 0 Å². The zero-order valence-corrected chi connectivity index (χ0v) is 17.2. The van der Waals surface area contributed by atoms with Crippen LogP contribution >= 0.6 is 0 Å². The molecule has 0 bridgehead atoms. The van der Waals surface area contributed by atoms with Gasteiger partial charge in [0.25, 0.3) is 5.91 Å². The third kappa shape index (κ3) is 5.87. The van der Waals surface area contributed by atoms with E-state index in [1.54, 1.807) is 12.1 Å². The van der Waals surface area contributed by atoms with E-state index < -0.39 is 6.10 Å². The van der Waals surface area contributed by atoms with Gasteiger partial charge >= 0.3 is 0 Å². The van der Waals surface area contributed by atoms with Crippen molar-refractivity contribution >= 4 is 5.91 Å². The van der Waals surface area contributed by atoms with Gasteiger partial charge in [0.15, 0.2) is 0 Å². The second-order valence-corrected chi connectivity index (χ2v) is 8.56. The smallest absolute Gasteiger partial charge is 0.251 e. The van der Waals surface area contributed by atoms with Crippen molar-refractivity contribution in [1.82, 2.24) is 10.6 Å². The summed E-state index contributed by atoms with van der Waals surface area (Å²) in [6.07, 6.45) is 3.17. The minimum absolute atomic E-state index is 0.00958. The molecule has 1 amide bonds. The third-order valence-electron chi connectivity index (χ3n) is 6.10. The lowest BCUT2D eigenvalue weighted by atomic mass is 9.75. The van der Waals surface area contributed by atoms with Gasteiger partial charge in [0, 0.05) is 23.7 Å². The maximum Gasteiger partial charge on any atom is 0.251 e. The van der Waals surface area contributed by atoms with Crippen molar-refractivity contribution in [2.75, 3.05) is 6.54 Å². The minimum atomic E-state index is -0.744. The second-order valence-electron chi connectivity index (χ2n) is 8.56. The van der Waals surface area contributed by atoms with Gasteiger partial charge in [-0.25, -0.2) is 4.39 Å². The average molecular weight is 399 g/mol. The number of benzene rings is 2. The number of amides is 1. The fourth-order valence-electron chi connectivity index (χ4n) is 4.15. The molecule has 0 unspecified atom stereocenters. The van der Waals surface area contributed by atoms with Crippen LogP contribution in [0.25, 0.3) is 0 Å². The normalized spacial score (nSPS) is 20.8. The molecule has 0 heterocycles. The highest BCUT2D eigenvalue weighted by molar-refractivity contribution is 5.94. The molecule has 3 rings (SSSR count). The van der Waals surface area contributed by atoms with Crippen LogP contribution in [0.2, 0.25) is 0 Å². The predicted octanol–water partition coefficient (Wildman–Crippen LogP) is 4.22. The molecule has 0 radical (unpaired) electrons. The van der Waals surface area contributed by atoms with Crippen LogP contribution in [0.1, 0.15) is 61.6 Å². The quantitative estimate of drug-likeness (QED) is 0.655. The molecule has 0 spiro atoms. The van der Waals surface area contributed by atoms with E-state index in [9.17, 15) is 14.3 Å². The molecule has 1 aliphatic carbocycles. The Morgan fingerprint density at radius 1 is 1.10 bits per heavy atom. The summed E-state index contributed by atoms with van der Waals surface area (Å²) in [7, 11) is 0. The number of β-amino-alcohol motifs (C(OH)–C–C–N with tert-alkyl or cyclic N) is 1. The fourth-order valence-corrected chi connectivity index (χ4v) is 4.15. The van der Waals surface area contributed by atoms with Crippen LogP contribution in [-0.4, -0.2) is 29.1 Å². The summed E-state index contributed by atoms with van der Waals surface area (Å²) >= 11 is 0. The molecule has 2 aromatic carbocycles. The van der Waals surface area contributed by atoms with Gasteiger partial charge in [-0.15, -0.1) is 0 Å². The van der Waals surface area contributed by atoms with E-state index in [0.717, 1.165) is 25.7 Å². The summed E-state index contributed by atoms with van der Waals surface area (Å²) in [5, 5.41) is 17.0. The largest absolute Gasteiger partial charge is 0.387 e. The van der Waals surface area contributed by atoms with Crippen LogP contribution < -0.4 is 10.6 Å². The van der Waals surface area contributed by atoms with E-state index in [2.05, 4.69) is 24.5 Å². The van der Waals surface area contributed by atoms with Gasteiger partial charge in [0.2, 0.25) is 0 Å². The Balaban J connectivity index is 1.47. The number of hydrogen-bond acceptors (Lipinski definition) is 3. The zero-order valence-electron chi connectivity index (χ0n) is 17.2. The molecule has 4 nitrogen and oxygen atoms in total. The Morgan fingerprint density at radius 2 is 1.79 bits per heavy atom. The molecule has 1 saturated carbocycles. The fraction of sp³-hybridized carbons (Fsp3) is 0.458. The highest BCUT2D eigenvalue weighted by Gasteiger charge is 2.33. The predicted molar refractivity (Wildman–Crippen MR) is 113 cm³/mol. The number of carbonyl (C=O) groups is 1. The summed E-state index contributed by atoms with van der Waals surface area (Å²) in [5.74, 6) is 0.105. The Hall–Kier alpha value is -2.24. The Labute approximate surface area is 172 Å². The van der Waals surface area contributed by atoms with Crippen molar-refractivity contribution in [3.05, 3.63) is 71.5 Å². The van der Waals surface area contributed by atoms with Gasteiger partial charge in [0.1, 0.15) is 5.82 Å². The number of hydrogen-bond donors (Lipinski definition) is 3. The summed E-state index contributed by atoms with van der Waals surface area (Å²) < 4.78 is 13.4. The van der Waals surface area contributed by atoms with Crippen LogP contribution in [0.4, 0.5) is 4.39 Å². The summed E-state index contributed by atoms with van der Waals surface area (Å²) in [5.41, 5.74) is 1.13. The first kappa shape index (κ1) is 21.5. The maximum atomic E-state index is 13.4. The lowest BCUT2D eigenvalue weighted by Crippen LogP contribution is -2.50. The van der Waals surface area contributed by atoms with E-state index in [-0.39, 0.29) is 23.3 Å². The lowest BCUT2D eigenvalue weighted by Gasteiger charge is -2.40. The summed E-state index contributed by atoms with van der Waals surface area (Å²) in [4.78, 5) is 12.3. The van der Waals surface area contributed by atoms with Crippen molar-refractivity contribution in [3.8, 4) is 0 Å². The lowest BCUT2D eigenvalue weighted by molar-refractivity contribution is 0.0901. The van der Waals surface area contributed by atoms with Gasteiger partial charge in [-0.1, -0.05) is 30.3 Å². The number of halogens is 1. The van der Waals surface area contributed by atoms with Gasteiger partial charge in [0.05, 0.1) is 6.10 Å². The van der Waals surface area contributed by atoms with Crippen molar-refractivity contribution < 1.29 is 14.3 Å². The van der Waals surface area contributed by atoms with Crippen molar-refractivity contribution in [2.24, 2.45) is 5.92 Å². The van der Waals surface area contributed by atoms with Crippen LogP contribution in [0.5, 0.6) is 0 Å². The zero-order chi connectivity index (χ0) is 20.9. The Bertz CT molecular complexity index is 802. The first-order valence-electron chi connectivity index (χ1n) is 10.4. The molecule has 3 N–H and O–H groups in total. The first-order chi connectivity index (χ1) is 13.8. The molecule has 0 saturated heterocycles. The van der Waals surface area contributed by atoms with E-state index in [1.165, 1.54) is 12.1 Å². The molecule has 156 valence electrons. The van der Waals surface area contributed by atoms with E-state index in [1.807, 2.05) is 30.3 Å². The molecule has 29 heavy (non-hydrogen) atoms. The average Bonchev–Trinajstić information content (AvgIpc) is 2.73. The molecule has 1 fully saturated rings. The standard InChI is InChI=1S/C24H31FN2O2/c1-24(2,26-16-22(28)18-9-6-10-20(25)15-18)19-11-13-21(14-12-19)27-23(29)17-7-4-3-5-8-17/h3-10,15,19,21-22,26,28H,11-14,16H2,1-2H3,(H,27,29)/t19-,21-,22-/m0/s1. The molecule has 0 aliphatic heterocycles.